The van der Waals surface area contributed by atoms with Gasteiger partial charge in [0.1, 0.15) is 5.75 Å². The lowest BCUT2D eigenvalue weighted by molar-refractivity contribution is 0.237. The van der Waals surface area contributed by atoms with Crippen molar-refractivity contribution < 1.29 is 9.53 Å². The largest absolute Gasteiger partial charge is 0.497 e. The second-order valence-corrected chi connectivity index (χ2v) is 5.18. The molecule has 0 aromatic heterocycles. The van der Waals surface area contributed by atoms with Crippen LogP contribution in [0.1, 0.15) is 31.7 Å². The minimum absolute atomic E-state index is 0.0373. The molecule has 0 heterocycles. The minimum atomic E-state index is -0.0373. The van der Waals surface area contributed by atoms with Crippen LogP contribution >= 0.6 is 0 Å². The van der Waals surface area contributed by atoms with Gasteiger partial charge in [0.2, 0.25) is 0 Å². The van der Waals surface area contributed by atoms with Gasteiger partial charge in [-0.25, -0.2) is 4.79 Å². The highest BCUT2D eigenvalue weighted by Gasteiger charge is 2.23. The summed E-state index contributed by atoms with van der Waals surface area (Å²) in [7, 11) is 1.67. The number of ether oxygens (including phenoxy) is 1. The molecule has 2 rings (SSSR count). The average molecular weight is 262 g/mol. The average Bonchev–Trinajstić information content (AvgIpc) is 3.20. The van der Waals surface area contributed by atoms with E-state index < -0.39 is 0 Å². The van der Waals surface area contributed by atoms with Crippen LogP contribution < -0.4 is 15.4 Å². The first-order valence-electron chi connectivity index (χ1n) is 6.87. The number of urea groups is 1. The molecule has 4 nitrogen and oxygen atoms in total. The van der Waals surface area contributed by atoms with Crippen LogP contribution in [-0.2, 0) is 6.42 Å². The summed E-state index contributed by atoms with van der Waals surface area (Å²) >= 11 is 0. The van der Waals surface area contributed by atoms with Gasteiger partial charge in [0.05, 0.1) is 7.11 Å². The molecule has 19 heavy (non-hydrogen) atoms. The number of carbonyl (C=O) groups is 1. The number of amides is 2. The molecule has 2 amide bonds. The summed E-state index contributed by atoms with van der Waals surface area (Å²) in [5.41, 5.74) is 1.26. The van der Waals surface area contributed by atoms with E-state index in [1.54, 1.807) is 7.11 Å². The van der Waals surface area contributed by atoms with E-state index in [-0.39, 0.29) is 12.1 Å². The molecule has 1 aromatic rings. The summed E-state index contributed by atoms with van der Waals surface area (Å²) in [4.78, 5) is 11.6. The lowest BCUT2D eigenvalue weighted by Crippen LogP contribution is -2.41. The molecule has 1 aliphatic carbocycles. The van der Waals surface area contributed by atoms with Gasteiger partial charge in [-0.15, -0.1) is 0 Å². The second kappa shape index (κ2) is 6.45. The third-order valence-electron chi connectivity index (χ3n) is 3.32. The summed E-state index contributed by atoms with van der Waals surface area (Å²) in [6.07, 6.45) is 4.13. The van der Waals surface area contributed by atoms with Crippen molar-refractivity contribution in [2.24, 2.45) is 0 Å². The second-order valence-electron chi connectivity index (χ2n) is 5.18. The van der Waals surface area contributed by atoms with Gasteiger partial charge < -0.3 is 15.4 Å². The Labute approximate surface area is 114 Å². The standard InChI is InChI=1S/C15H22N2O2/c1-11(16-15(18)17-13-7-8-13)3-4-12-5-9-14(19-2)10-6-12/h5-6,9-11,13H,3-4,7-8H2,1-2H3,(H2,16,17,18)/t11-/m1/s1. The van der Waals surface area contributed by atoms with Gasteiger partial charge in [-0.3, -0.25) is 0 Å². The van der Waals surface area contributed by atoms with Gasteiger partial charge >= 0.3 is 6.03 Å². The fraction of sp³-hybridized carbons (Fsp3) is 0.533. The molecular formula is C15H22N2O2. The molecule has 1 aliphatic rings. The van der Waals surface area contributed by atoms with Gasteiger partial charge in [-0.2, -0.15) is 0 Å². The van der Waals surface area contributed by atoms with E-state index >= 15 is 0 Å². The first-order chi connectivity index (χ1) is 9.17. The van der Waals surface area contributed by atoms with E-state index in [1.807, 2.05) is 19.1 Å². The molecule has 1 fully saturated rings. The van der Waals surface area contributed by atoms with Gasteiger partial charge in [0, 0.05) is 12.1 Å². The fourth-order valence-electron chi connectivity index (χ4n) is 1.93. The van der Waals surface area contributed by atoms with Crippen molar-refractivity contribution in [3.63, 3.8) is 0 Å². The third kappa shape index (κ3) is 4.81. The molecule has 1 aromatic carbocycles. The lowest BCUT2D eigenvalue weighted by Gasteiger charge is -2.14. The predicted molar refractivity (Wildman–Crippen MR) is 75.5 cm³/mol. The number of methoxy groups -OCH3 is 1. The number of aryl methyl sites for hydroxylation is 1. The monoisotopic (exact) mass is 262 g/mol. The molecule has 104 valence electrons. The van der Waals surface area contributed by atoms with Crippen LogP contribution in [0.25, 0.3) is 0 Å². The first kappa shape index (κ1) is 13.7. The molecule has 0 bridgehead atoms. The Morgan fingerprint density at radius 3 is 2.63 bits per heavy atom. The Morgan fingerprint density at radius 2 is 2.05 bits per heavy atom. The Balaban J connectivity index is 1.69. The highest BCUT2D eigenvalue weighted by atomic mass is 16.5. The highest BCUT2D eigenvalue weighted by Crippen LogP contribution is 2.18. The van der Waals surface area contributed by atoms with Crippen molar-refractivity contribution in [2.45, 2.75) is 44.7 Å². The van der Waals surface area contributed by atoms with E-state index in [0.29, 0.717) is 6.04 Å². The van der Waals surface area contributed by atoms with E-state index in [0.717, 1.165) is 31.4 Å². The minimum Gasteiger partial charge on any atom is -0.497 e. The van der Waals surface area contributed by atoms with E-state index in [9.17, 15) is 4.79 Å². The summed E-state index contributed by atoms with van der Waals surface area (Å²) in [6, 6.07) is 8.62. The van der Waals surface area contributed by atoms with E-state index in [1.165, 1.54) is 5.56 Å². The number of benzene rings is 1. The van der Waals surface area contributed by atoms with E-state index in [2.05, 4.69) is 22.8 Å². The first-order valence-corrected chi connectivity index (χ1v) is 6.87. The van der Waals surface area contributed by atoms with Crippen molar-refractivity contribution in [1.82, 2.24) is 10.6 Å². The predicted octanol–water partition coefficient (Wildman–Crippen LogP) is 2.48. The van der Waals surface area contributed by atoms with Crippen molar-refractivity contribution in [2.75, 3.05) is 7.11 Å². The summed E-state index contributed by atoms with van der Waals surface area (Å²) in [5, 5.41) is 5.90. The van der Waals surface area contributed by atoms with Crippen LogP contribution in [0, 0.1) is 0 Å². The Kier molecular flexibility index (Phi) is 4.66. The smallest absolute Gasteiger partial charge is 0.315 e. The third-order valence-corrected chi connectivity index (χ3v) is 3.32. The number of hydrogen-bond donors (Lipinski definition) is 2. The highest BCUT2D eigenvalue weighted by molar-refractivity contribution is 5.74. The summed E-state index contributed by atoms with van der Waals surface area (Å²) in [5.74, 6) is 0.874. The Morgan fingerprint density at radius 1 is 1.37 bits per heavy atom. The number of carbonyl (C=O) groups excluding carboxylic acids is 1. The van der Waals surface area contributed by atoms with Crippen LogP contribution in [0.15, 0.2) is 24.3 Å². The Bertz CT molecular complexity index is 413. The topological polar surface area (TPSA) is 50.4 Å². The van der Waals surface area contributed by atoms with Crippen LogP contribution in [-0.4, -0.2) is 25.2 Å². The molecule has 1 saturated carbocycles. The molecule has 0 saturated heterocycles. The zero-order valence-corrected chi connectivity index (χ0v) is 11.6. The van der Waals surface area contributed by atoms with Gasteiger partial charge in [-0.05, 0) is 50.3 Å². The zero-order chi connectivity index (χ0) is 13.7. The SMILES string of the molecule is COc1ccc(CC[C@@H](C)NC(=O)NC2CC2)cc1. The zero-order valence-electron chi connectivity index (χ0n) is 11.6. The molecule has 0 unspecified atom stereocenters. The maximum Gasteiger partial charge on any atom is 0.315 e. The fourth-order valence-corrected chi connectivity index (χ4v) is 1.93. The van der Waals surface area contributed by atoms with Gasteiger partial charge in [-0.1, -0.05) is 12.1 Å². The van der Waals surface area contributed by atoms with Gasteiger partial charge in [0.25, 0.3) is 0 Å². The molecule has 0 spiro atoms. The Hall–Kier alpha value is -1.71. The number of nitrogens with one attached hydrogen (secondary N) is 2. The summed E-state index contributed by atoms with van der Waals surface area (Å²) in [6.45, 7) is 2.04. The number of rotatable bonds is 6. The molecule has 4 heteroatoms. The van der Waals surface area contributed by atoms with Crippen molar-refractivity contribution >= 4 is 6.03 Å². The summed E-state index contributed by atoms with van der Waals surface area (Å²) < 4.78 is 5.12. The molecule has 1 atom stereocenters. The molecule has 0 aliphatic heterocycles. The van der Waals surface area contributed by atoms with Gasteiger partial charge in [0.15, 0.2) is 0 Å². The quantitative estimate of drug-likeness (QED) is 0.827. The van der Waals surface area contributed by atoms with Crippen molar-refractivity contribution in [3.8, 4) is 5.75 Å². The van der Waals surface area contributed by atoms with E-state index in [4.69, 9.17) is 4.74 Å². The van der Waals surface area contributed by atoms with Crippen LogP contribution in [0.3, 0.4) is 0 Å². The van der Waals surface area contributed by atoms with Crippen molar-refractivity contribution in [3.05, 3.63) is 29.8 Å². The lowest BCUT2D eigenvalue weighted by atomic mass is 10.1. The van der Waals surface area contributed by atoms with Crippen LogP contribution in [0.2, 0.25) is 0 Å². The molecular weight excluding hydrogens is 240 g/mol. The van der Waals surface area contributed by atoms with Crippen molar-refractivity contribution in [1.29, 1.82) is 0 Å². The van der Waals surface area contributed by atoms with Crippen LogP contribution in [0.4, 0.5) is 4.79 Å². The maximum absolute atomic E-state index is 11.6. The number of hydrogen-bond acceptors (Lipinski definition) is 2. The molecule has 0 radical (unpaired) electrons. The van der Waals surface area contributed by atoms with Crippen LogP contribution in [0.5, 0.6) is 5.75 Å². The maximum atomic E-state index is 11.6. The normalized spacial score (nSPS) is 15.7. The molecule has 2 N–H and O–H groups in total.